The van der Waals surface area contributed by atoms with Crippen LogP contribution < -0.4 is 10.2 Å². The summed E-state index contributed by atoms with van der Waals surface area (Å²) in [5.74, 6) is 0.553. The van der Waals surface area contributed by atoms with Crippen molar-refractivity contribution in [1.29, 1.82) is 0 Å². The van der Waals surface area contributed by atoms with Gasteiger partial charge in [-0.05, 0) is 25.8 Å². The Labute approximate surface area is 145 Å². The van der Waals surface area contributed by atoms with Gasteiger partial charge in [0, 0.05) is 44.0 Å². The van der Waals surface area contributed by atoms with E-state index in [9.17, 15) is 9.90 Å². The second kappa shape index (κ2) is 7.99. The molecule has 1 aromatic carbocycles. The first-order valence-corrected chi connectivity index (χ1v) is 8.83. The molecule has 5 heteroatoms. The van der Waals surface area contributed by atoms with Crippen LogP contribution in [0.4, 0.5) is 5.69 Å². The van der Waals surface area contributed by atoms with Crippen LogP contribution in [0.3, 0.4) is 0 Å². The number of amides is 1. The molecule has 2 rings (SSSR count). The Hall–Kier alpha value is -1.59. The van der Waals surface area contributed by atoms with Crippen LogP contribution in [-0.2, 0) is 11.4 Å². The van der Waals surface area contributed by atoms with Crippen molar-refractivity contribution >= 4 is 11.6 Å². The molecule has 0 spiro atoms. The number of hydrogen-bond donors (Lipinski definition) is 2. The number of aliphatic hydroxyl groups is 1. The van der Waals surface area contributed by atoms with Gasteiger partial charge in [0.05, 0.1) is 12.1 Å². The second-order valence-electron chi connectivity index (χ2n) is 7.42. The van der Waals surface area contributed by atoms with Crippen LogP contribution in [0.2, 0.25) is 0 Å². The van der Waals surface area contributed by atoms with Crippen LogP contribution in [0, 0.1) is 5.92 Å². The molecule has 1 amide bonds. The number of para-hydroxylation sites is 1. The molecule has 0 unspecified atom stereocenters. The van der Waals surface area contributed by atoms with Gasteiger partial charge in [-0.1, -0.05) is 32.0 Å². The molecular formula is C19H31N3O2. The normalized spacial score (nSPS) is 16.5. The molecule has 1 heterocycles. The van der Waals surface area contributed by atoms with Crippen molar-refractivity contribution in [3.63, 3.8) is 0 Å². The number of nitrogens with zero attached hydrogens (tertiary/aromatic N) is 2. The van der Waals surface area contributed by atoms with Crippen LogP contribution in [-0.4, -0.2) is 54.2 Å². The highest BCUT2D eigenvalue weighted by molar-refractivity contribution is 5.85. The number of hydrogen-bond acceptors (Lipinski definition) is 4. The molecule has 0 aliphatic carbocycles. The van der Waals surface area contributed by atoms with E-state index in [0.717, 1.165) is 37.4 Å². The van der Waals surface area contributed by atoms with Gasteiger partial charge in [0.25, 0.3) is 0 Å². The zero-order valence-corrected chi connectivity index (χ0v) is 15.4. The van der Waals surface area contributed by atoms with E-state index in [0.29, 0.717) is 12.5 Å². The lowest BCUT2D eigenvalue weighted by molar-refractivity contribution is -0.132. The summed E-state index contributed by atoms with van der Waals surface area (Å²) in [5.41, 5.74) is 1.55. The third kappa shape index (κ3) is 4.28. The van der Waals surface area contributed by atoms with Gasteiger partial charge in [0.2, 0.25) is 5.91 Å². The van der Waals surface area contributed by atoms with E-state index in [4.69, 9.17) is 0 Å². The first-order valence-electron chi connectivity index (χ1n) is 8.83. The first kappa shape index (κ1) is 18.7. The maximum Gasteiger partial charge on any atom is 0.239 e. The molecule has 0 radical (unpaired) electrons. The predicted octanol–water partition coefficient (Wildman–Crippen LogP) is 1.85. The van der Waals surface area contributed by atoms with Gasteiger partial charge in [-0.3, -0.25) is 9.69 Å². The van der Waals surface area contributed by atoms with Gasteiger partial charge in [0.1, 0.15) is 0 Å². The van der Waals surface area contributed by atoms with Crippen molar-refractivity contribution in [2.75, 3.05) is 37.6 Å². The van der Waals surface area contributed by atoms with E-state index < -0.39 is 5.54 Å². The van der Waals surface area contributed by atoms with Gasteiger partial charge in [-0.15, -0.1) is 0 Å². The Morgan fingerprint density at radius 2 is 1.83 bits per heavy atom. The summed E-state index contributed by atoms with van der Waals surface area (Å²) in [5, 5.41) is 12.6. The van der Waals surface area contributed by atoms with Crippen molar-refractivity contribution in [3.8, 4) is 0 Å². The number of piperazine rings is 1. The topological polar surface area (TPSA) is 55.8 Å². The molecule has 0 atom stereocenters. The minimum absolute atomic E-state index is 0.0550. The van der Waals surface area contributed by atoms with E-state index in [1.807, 2.05) is 32.0 Å². The van der Waals surface area contributed by atoms with Crippen molar-refractivity contribution in [1.82, 2.24) is 10.2 Å². The molecular weight excluding hydrogens is 302 g/mol. The van der Waals surface area contributed by atoms with E-state index in [2.05, 4.69) is 35.0 Å². The van der Waals surface area contributed by atoms with E-state index >= 15 is 0 Å². The number of carbonyl (C=O) groups is 1. The summed E-state index contributed by atoms with van der Waals surface area (Å²) in [4.78, 5) is 17.1. The van der Waals surface area contributed by atoms with E-state index in [1.54, 1.807) is 0 Å². The molecule has 1 fully saturated rings. The van der Waals surface area contributed by atoms with Crippen molar-refractivity contribution in [2.24, 2.45) is 5.92 Å². The number of anilines is 1. The van der Waals surface area contributed by atoms with Crippen LogP contribution in [0.1, 0.15) is 33.3 Å². The lowest BCUT2D eigenvalue weighted by Gasteiger charge is -2.44. The SMILES string of the molecule is CC(C)CNC(=O)C(C)(C)N1CCN(c2ccccc2CO)CC1. The molecule has 5 nitrogen and oxygen atoms in total. The lowest BCUT2D eigenvalue weighted by Crippen LogP contribution is -2.61. The van der Waals surface area contributed by atoms with Gasteiger partial charge in [-0.25, -0.2) is 0 Å². The summed E-state index contributed by atoms with van der Waals surface area (Å²) >= 11 is 0. The van der Waals surface area contributed by atoms with Crippen molar-refractivity contribution in [2.45, 2.75) is 39.8 Å². The Bertz CT molecular complexity index is 549. The highest BCUT2D eigenvalue weighted by atomic mass is 16.3. The first-order chi connectivity index (χ1) is 11.4. The average molecular weight is 333 g/mol. The smallest absolute Gasteiger partial charge is 0.239 e. The highest BCUT2D eigenvalue weighted by Gasteiger charge is 2.36. The fraction of sp³-hybridized carbons (Fsp3) is 0.632. The quantitative estimate of drug-likeness (QED) is 0.834. The molecule has 134 valence electrons. The molecule has 0 saturated carbocycles. The predicted molar refractivity (Wildman–Crippen MR) is 98.1 cm³/mol. The van der Waals surface area contributed by atoms with Crippen LogP contribution in [0.5, 0.6) is 0 Å². The maximum atomic E-state index is 12.5. The fourth-order valence-electron chi connectivity index (χ4n) is 3.12. The molecule has 0 bridgehead atoms. The molecule has 0 aromatic heterocycles. The number of aliphatic hydroxyl groups excluding tert-OH is 1. The monoisotopic (exact) mass is 333 g/mol. The maximum absolute atomic E-state index is 12.5. The number of carbonyl (C=O) groups excluding carboxylic acids is 1. The zero-order valence-electron chi connectivity index (χ0n) is 15.4. The summed E-state index contributed by atoms with van der Waals surface area (Å²) < 4.78 is 0. The molecule has 1 saturated heterocycles. The molecule has 2 N–H and O–H groups in total. The number of benzene rings is 1. The second-order valence-corrected chi connectivity index (χ2v) is 7.42. The minimum atomic E-state index is -0.503. The summed E-state index contributed by atoms with van der Waals surface area (Å²) in [6.45, 7) is 12.4. The Morgan fingerprint density at radius 1 is 1.21 bits per heavy atom. The van der Waals surface area contributed by atoms with Crippen LogP contribution >= 0.6 is 0 Å². The average Bonchev–Trinajstić information content (AvgIpc) is 2.59. The Kier molecular flexibility index (Phi) is 6.24. The summed E-state index contributed by atoms with van der Waals surface area (Å²) in [6, 6.07) is 7.98. The number of nitrogens with one attached hydrogen (secondary N) is 1. The van der Waals surface area contributed by atoms with Gasteiger partial charge < -0.3 is 15.3 Å². The van der Waals surface area contributed by atoms with Crippen molar-refractivity contribution in [3.05, 3.63) is 29.8 Å². The highest BCUT2D eigenvalue weighted by Crippen LogP contribution is 2.24. The standard InChI is InChI=1S/C19H31N3O2/c1-15(2)13-20-18(24)19(3,4)22-11-9-21(10-12-22)17-8-6-5-7-16(17)14-23/h5-8,15,23H,9-14H2,1-4H3,(H,20,24). The van der Waals surface area contributed by atoms with Gasteiger partial charge in [-0.2, -0.15) is 0 Å². The van der Waals surface area contributed by atoms with Gasteiger partial charge >= 0.3 is 0 Å². The third-order valence-corrected chi connectivity index (χ3v) is 4.80. The Balaban J connectivity index is 1.97. The van der Waals surface area contributed by atoms with E-state index in [1.165, 1.54) is 0 Å². The van der Waals surface area contributed by atoms with Gasteiger partial charge in [0.15, 0.2) is 0 Å². The Morgan fingerprint density at radius 3 is 2.42 bits per heavy atom. The minimum Gasteiger partial charge on any atom is -0.392 e. The molecule has 1 aromatic rings. The van der Waals surface area contributed by atoms with Crippen molar-refractivity contribution < 1.29 is 9.90 Å². The van der Waals surface area contributed by atoms with Crippen LogP contribution in [0.15, 0.2) is 24.3 Å². The molecule has 24 heavy (non-hydrogen) atoms. The molecule has 1 aliphatic rings. The third-order valence-electron chi connectivity index (χ3n) is 4.80. The number of rotatable bonds is 6. The van der Waals surface area contributed by atoms with Crippen LogP contribution in [0.25, 0.3) is 0 Å². The summed E-state index contributed by atoms with van der Waals surface area (Å²) in [6.07, 6.45) is 0. The fourth-order valence-corrected chi connectivity index (χ4v) is 3.12. The molecule has 1 aliphatic heterocycles. The zero-order chi connectivity index (χ0) is 17.7. The largest absolute Gasteiger partial charge is 0.392 e. The lowest BCUT2D eigenvalue weighted by atomic mass is 9.99. The van der Waals surface area contributed by atoms with E-state index in [-0.39, 0.29) is 12.5 Å². The summed E-state index contributed by atoms with van der Waals surface area (Å²) in [7, 11) is 0.